The number of rotatable bonds is 6. The van der Waals surface area contributed by atoms with E-state index < -0.39 is 0 Å². The molecule has 0 bridgehead atoms. The molecule has 0 heterocycles. The molecule has 2 nitrogen and oxygen atoms in total. The third kappa shape index (κ3) is 4.02. The summed E-state index contributed by atoms with van der Waals surface area (Å²) in [6.07, 6.45) is 1.06. The molecule has 0 aliphatic carbocycles. The minimum absolute atomic E-state index is 0.419. The number of benzene rings is 1. The van der Waals surface area contributed by atoms with Gasteiger partial charge in [0.05, 0.1) is 0 Å². The van der Waals surface area contributed by atoms with E-state index in [1.807, 2.05) is 0 Å². The standard InChI is InChI=1S/C13H21NO/c1-11-7-4-5-8-13(11)12(2)14-9-6-10-15-3/h4-5,7-8,12,14H,6,9-10H2,1-3H3. The summed E-state index contributed by atoms with van der Waals surface area (Å²) in [4.78, 5) is 0. The molecule has 2 heteroatoms. The summed E-state index contributed by atoms with van der Waals surface area (Å²) >= 11 is 0. The van der Waals surface area contributed by atoms with E-state index >= 15 is 0 Å². The number of aryl methyl sites for hydroxylation is 1. The first-order valence-corrected chi connectivity index (χ1v) is 5.53. The van der Waals surface area contributed by atoms with Crippen LogP contribution in [0.4, 0.5) is 0 Å². The SMILES string of the molecule is COCCCNC(C)c1ccccc1C. The zero-order valence-electron chi connectivity index (χ0n) is 9.92. The number of hydrogen-bond donors (Lipinski definition) is 1. The van der Waals surface area contributed by atoms with E-state index in [2.05, 4.69) is 43.4 Å². The Hall–Kier alpha value is -0.860. The van der Waals surface area contributed by atoms with Crippen molar-refractivity contribution in [1.82, 2.24) is 5.32 Å². The van der Waals surface area contributed by atoms with Crippen molar-refractivity contribution in [1.29, 1.82) is 0 Å². The Balaban J connectivity index is 2.40. The Bertz CT molecular complexity index is 286. The smallest absolute Gasteiger partial charge is 0.0474 e. The van der Waals surface area contributed by atoms with Crippen LogP contribution < -0.4 is 5.32 Å². The highest BCUT2D eigenvalue weighted by molar-refractivity contribution is 5.28. The molecule has 0 saturated heterocycles. The minimum Gasteiger partial charge on any atom is -0.385 e. The van der Waals surface area contributed by atoms with Crippen LogP contribution >= 0.6 is 0 Å². The van der Waals surface area contributed by atoms with Crippen molar-refractivity contribution in [2.75, 3.05) is 20.3 Å². The molecule has 0 aliphatic rings. The van der Waals surface area contributed by atoms with Gasteiger partial charge in [0.1, 0.15) is 0 Å². The monoisotopic (exact) mass is 207 g/mol. The molecule has 0 amide bonds. The molecule has 0 radical (unpaired) electrons. The van der Waals surface area contributed by atoms with Gasteiger partial charge >= 0.3 is 0 Å². The van der Waals surface area contributed by atoms with Crippen molar-refractivity contribution in [2.24, 2.45) is 0 Å². The van der Waals surface area contributed by atoms with Crippen LogP contribution in [0, 0.1) is 6.92 Å². The molecule has 1 unspecified atom stereocenters. The Labute approximate surface area is 92.6 Å². The zero-order chi connectivity index (χ0) is 11.1. The number of nitrogens with one attached hydrogen (secondary N) is 1. The van der Waals surface area contributed by atoms with Gasteiger partial charge in [0.25, 0.3) is 0 Å². The second kappa shape index (κ2) is 6.59. The lowest BCUT2D eigenvalue weighted by molar-refractivity contribution is 0.193. The molecular weight excluding hydrogens is 186 g/mol. The van der Waals surface area contributed by atoms with E-state index in [0.29, 0.717) is 6.04 Å². The second-order valence-corrected chi connectivity index (χ2v) is 3.88. The van der Waals surface area contributed by atoms with Gasteiger partial charge < -0.3 is 10.1 Å². The van der Waals surface area contributed by atoms with Crippen LogP contribution in [-0.2, 0) is 4.74 Å². The first-order valence-electron chi connectivity index (χ1n) is 5.53. The van der Waals surface area contributed by atoms with E-state index in [-0.39, 0.29) is 0 Å². The predicted octanol–water partition coefficient (Wildman–Crippen LogP) is 2.68. The third-order valence-corrected chi connectivity index (χ3v) is 2.63. The highest BCUT2D eigenvalue weighted by Gasteiger charge is 2.05. The number of ether oxygens (including phenoxy) is 1. The maximum absolute atomic E-state index is 5.01. The molecule has 15 heavy (non-hydrogen) atoms. The Morgan fingerprint density at radius 2 is 2.07 bits per heavy atom. The van der Waals surface area contributed by atoms with Gasteiger partial charge in [0.15, 0.2) is 0 Å². The van der Waals surface area contributed by atoms with Crippen LogP contribution in [0.15, 0.2) is 24.3 Å². The molecular formula is C13H21NO. The summed E-state index contributed by atoms with van der Waals surface area (Å²) < 4.78 is 5.01. The van der Waals surface area contributed by atoms with Crippen molar-refractivity contribution in [2.45, 2.75) is 26.3 Å². The highest BCUT2D eigenvalue weighted by atomic mass is 16.5. The molecule has 1 rings (SSSR count). The molecule has 0 aliphatic heterocycles. The minimum atomic E-state index is 0.419. The molecule has 0 fully saturated rings. The fourth-order valence-electron chi connectivity index (χ4n) is 1.72. The van der Waals surface area contributed by atoms with E-state index in [1.54, 1.807) is 7.11 Å². The van der Waals surface area contributed by atoms with Crippen LogP contribution in [0.25, 0.3) is 0 Å². The molecule has 0 spiro atoms. The quantitative estimate of drug-likeness (QED) is 0.724. The molecule has 0 saturated carbocycles. The first kappa shape index (κ1) is 12.2. The van der Waals surface area contributed by atoms with Crippen molar-refractivity contribution in [3.05, 3.63) is 35.4 Å². The van der Waals surface area contributed by atoms with Crippen LogP contribution in [0.2, 0.25) is 0 Å². The Morgan fingerprint density at radius 1 is 1.33 bits per heavy atom. The zero-order valence-corrected chi connectivity index (χ0v) is 9.92. The summed E-state index contributed by atoms with van der Waals surface area (Å²) in [5, 5.41) is 3.49. The van der Waals surface area contributed by atoms with Crippen molar-refractivity contribution >= 4 is 0 Å². The summed E-state index contributed by atoms with van der Waals surface area (Å²) in [5.74, 6) is 0. The maximum Gasteiger partial charge on any atom is 0.0474 e. The van der Waals surface area contributed by atoms with Gasteiger partial charge in [-0.2, -0.15) is 0 Å². The van der Waals surface area contributed by atoms with Gasteiger partial charge in [-0.3, -0.25) is 0 Å². The lowest BCUT2D eigenvalue weighted by Gasteiger charge is -2.16. The number of hydrogen-bond acceptors (Lipinski definition) is 2. The van der Waals surface area contributed by atoms with Crippen LogP contribution in [0.5, 0.6) is 0 Å². The lowest BCUT2D eigenvalue weighted by Crippen LogP contribution is -2.21. The van der Waals surface area contributed by atoms with E-state index in [0.717, 1.165) is 19.6 Å². The molecule has 1 atom stereocenters. The summed E-state index contributed by atoms with van der Waals surface area (Å²) in [6, 6.07) is 8.93. The lowest BCUT2D eigenvalue weighted by atomic mass is 10.0. The van der Waals surface area contributed by atoms with Crippen LogP contribution in [0.3, 0.4) is 0 Å². The topological polar surface area (TPSA) is 21.3 Å². The average molecular weight is 207 g/mol. The molecule has 1 N–H and O–H groups in total. The van der Waals surface area contributed by atoms with Crippen molar-refractivity contribution in [3.63, 3.8) is 0 Å². The van der Waals surface area contributed by atoms with Gasteiger partial charge in [-0.15, -0.1) is 0 Å². The summed E-state index contributed by atoms with van der Waals surface area (Å²) in [5.41, 5.74) is 2.74. The van der Waals surface area contributed by atoms with E-state index in [1.165, 1.54) is 11.1 Å². The third-order valence-electron chi connectivity index (χ3n) is 2.63. The van der Waals surface area contributed by atoms with Gasteiger partial charge in [-0.05, 0) is 37.9 Å². The maximum atomic E-state index is 5.01. The summed E-state index contributed by atoms with van der Waals surface area (Å²) in [6.45, 7) is 6.19. The largest absolute Gasteiger partial charge is 0.385 e. The predicted molar refractivity (Wildman–Crippen MR) is 64.1 cm³/mol. The molecule has 1 aromatic carbocycles. The fraction of sp³-hybridized carbons (Fsp3) is 0.538. The molecule has 84 valence electrons. The number of methoxy groups -OCH3 is 1. The normalized spacial score (nSPS) is 12.7. The first-order chi connectivity index (χ1) is 7.25. The van der Waals surface area contributed by atoms with Crippen molar-refractivity contribution in [3.8, 4) is 0 Å². The van der Waals surface area contributed by atoms with E-state index in [4.69, 9.17) is 4.74 Å². The van der Waals surface area contributed by atoms with E-state index in [9.17, 15) is 0 Å². The fourth-order valence-corrected chi connectivity index (χ4v) is 1.72. The Kier molecular flexibility index (Phi) is 5.37. The average Bonchev–Trinajstić information content (AvgIpc) is 2.25. The van der Waals surface area contributed by atoms with Crippen molar-refractivity contribution < 1.29 is 4.74 Å². The van der Waals surface area contributed by atoms with Crippen LogP contribution in [0.1, 0.15) is 30.5 Å². The van der Waals surface area contributed by atoms with Gasteiger partial charge in [-0.25, -0.2) is 0 Å². The van der Waals surface area contributed by atoms with Crippen LogP contribution in [-0.4, -0.2) is 20.3 Å². The van der Waals surface area contributed by atoms with Gasteiger partial charge in [0, 0.05) is 19.8 Å². The highest BCUT2D eigenvalue weighted by Crippen LogP contribution is 2.16. The molecule has 1 aromatic rings. The molecule has 0 aromatic heterocycles. The Morgan fingerprint density at radius 3 is 2.73 bits per heavy atom. The summed E-state index contributed by atoms with van der Waals surface area (Å²) in [7, 11) is 1.74. The van der Waals surface area contributed by atoms with Gasteiger partial charge in [0.2, 0.25) is 0 Å². The van der Waals surface area contributed by atoms with Gasteiger partial charge in [-0.1, -0.05) is 24.3 Å². The second-order valence-electron chi connectivity index (χ2n) is 3.88.